The minimum absolute atomic E-state index is 0.461. The van der Waals surface area contributed by atoms with E-state index in [4.69, 9.17) is 5.11 Å². The van der Waals surface area contributed by atoms with E-state index in [0.29, 0.717) is 15.9 Å². The molecule has 98 valence electrons. The van der Waals surface area contributed by atoms with Crippen molar-refractivity contribution in [2.24, 2.45) is 0 Å². The summed E-state index contributed by atoms with van der Waals surface area (Å²) in [5.74, 6) is -1.23. The van der Waals surface area contributed by atoms with E-state index in [9.17, 15) is 14.4 Å². The molecule has 0 aliphatic heterocycles. The molecular formula is C13H12N2O4. The lowest BCUT2D eigenvalue weighted by Gasteiger charge is -2.11. The number of aliphatic carboxylic acids is 1. The zero-order valence-electron chi connectivity index (χ0n) is 10.2. The molecule has 2 aromatic rings. The van der Waals surface area contributed by atoms with Crippen LogP contribution >= 0.6 is 0 Å². The number of aromatic nitrogens is 2. The third-order valence-electron chi connectivity index (χ3n) is 2.68. The van der Waals surface area contributed by atoms with E-state index in [1.807, 2.05) is 0 Å². The van der Waals surface area contributed by atoms with Crippen molar-refractivity contribution in [3.63, 3.8) is 0 Å². The van der Waals surface area contributed by atoms with E-state index in [0.717, 1.165) is 0 Å². The van der Waals surface area contributed by atoms with Gasteiger partial charge in [0.15, 0.2) is 0 Å². The lowest BCUT2D eigenvalue weighted by Crippen LogP contribution is -2.41. The predicted octanol–water partition coefficient (Wildman–Crippen LogP) is 0.392. The van der Waals surface area contributed by atoms with Gasteiger partial charge in [0.1, 0.15) is 6.54 Å². The third-order valence-corrected chi connectivity index (χ3v) is 2.68. The molecule has 0 amide bonds. The third kappa shape index (κ3) is 2.47. The maximum Gasteiger partial charge on any atom is 0.336 e. The maximum absolute atomic E-state index is 12.2. The van der Waals surface area contributed by atoms with E-state index < -0.39 is 23.8 Å². The van der Waals surface area contributed by atoms with E-state index in [2.05, 4.69) is 0 Å². The molecule has 2 rings (SSSR count). The minimum Gasteiger partial charge on any atom is -0.480 e. The Balaban J connectivity index is 2.73. The monoisotopic (exact) mass is 260 g/mol. The van der Waals surface area contributed by atoms with Crippen LogP contribution in [0.3, 0.4) is 0 Å². The molecule has 0 aliphatic rings. The molecule has 19 heavy (non-hydrogen) atoms. The second-order valence-corrected chi connectivity index (χ2v) is 4.06. The zero-order valence-corrected chi connectivity index (χ0v) is 10.2. The lowest BCUT2D eigenvalue weighted by atomic mass is 10.3. The fraction of sp³-hybridized carbons (Fsp3) is 0.154. The van der Waals surface area contributed by atoms with Crippen molar-refractivity contribution in [2.75, 3.05) is 0 Å². The van der Waals surface area contributed by atoms with Gasteiger partial charge in [-0.2, -0.15) is 0 Å². The summed E-state index contributed by atoms with van der Waals surface area (Å²) in [4.78, 5) is 34.6. The van der Waals surface area contributed by atoms with Gasteiger partial charge in [-0.25, -0.2) is 9.36 Å². The molecule has 0 radical (unpaired) electrons. The van der Waals surface area contributed by atoms with Crippen LogP contribution in [0, 0.1) is 6.92 Å². The van der Waals surface area contributed by atoms with Crippen LogP contribution in [0.5, 0.6) is 0 Å². The van der Waals surface area contributed by atoms with Crippen molar-refractivity contribution in [3.05, 3.63) is 62.9 Å². The second kappa shape index (κ2) is 4.93. The summed E-state index contributed by atoms with van der Waals surface area (Å²) >= 11 is 0. The van der Waals surface area contributed by atoms with Gasteiger partial charge in [-0.1, -0.05) is 18.2 Å². The van der Waals surface area contributed by atoms with Gasteiger partial charge in [-0.15, -0.1) is 0 Å². The van der Waals surface area contributed by atoms with E-state index in [1.54, 1.807) is 37.3 Å². The fourth-order valence-corrected chi connectivity index (χ4v) is 1.86. The zero-order chi connectivity index (χ0) is 14.0. The van der Waals surface area contributed by atoms with Crippen LogP contribution in [-0.4, -0.2) is 20.2 Å². The van der Waals surface area contributed by atoms with Crippen molar-refractivity contribution >= 4 is 5.97 Å². The first-order valence-corrected chi connectivity index (χ1v) is 5.61. The number of nitrogens with zero attached hydrogens (tertiary/aromatic N) is 2. The van der Waals surface area contributed by atoms with Crippen LogP contribution < -0.4 is 11.2 Å². The molecule has 6 nitrogen and oxygen atoms in total. The normalized spacial score (nSPS) is 10.4. The minimum atomic E-state index is -1.23. The summed E-state index contributed by atoms with van der Waals surface area (Å²) in [5.41, 5.74) is -0.220. The largest absolute Gasteiger partial charge is 0.480 e. The van der Waals surface area contributed by atoms with Crippen LogP contribution in [0.15, 0.2) is 46.0 Å². The Bertz CT molecular complexity index is 729. The lowest BCUT2D eigenvalue weighted by molar-refractivity contribution is -0.137. The summed E-state index contributed by atoms with van der Waals surface area (Å²) in [6.45, 7) is 0.978. The van der Waals surface area contributed by atoms with Gasteiger partial charge in [-0.3, -0.25) is 14.2 Å². The highest BCUT2D eigenvalue weighted by molar-refractivity contribution is 5.66. The quantitative estimate of drug-likeness (QED) is 0.865. The van der Waals surface area contributed by atoms with Crippen LogP contribution in [-0.2, 0) is 11.3 Å². The molecule has 0 unspecified atom stereocenters. The average Bonchev–Trinajstić information content (AvgIpc) is 2.35. The number of para-hydroxylation sites is 1. The van der Waals surface area contributed by atoms with Crippen molar-refractivity contribution in [2.45, 2.75) is 13.5 Å². The molecule has 1 heterocycles. The molecule has 0 aliphatic carbocycles. The Hall–Kier alpha value is -2.63. The Labute approximate surface area is 108 Å². The highest BCUT2D eigenvalue weighted by Gasteiger charge is 2.12. The number of aryl methyl sites for hydroxylation is 1. The highest BCUT2D eigenvalue weighted by atomic mass is 16.4. The highest BCUT2D eigenvalue weighted by Crippen LogP contribution is 2.05. The van der Waals surface area contributed by atoms with Crippen molar-refractivity contribution in [1.82, 2.24) is 9.13 Å². The van der Waals surface area contributed by atoms with Crippen molar-refractivity contribution in [1.29, 1.82) is 0 Å². The summed E-state index contributed by atoms with van der Waals surface area (Å²) in [6, 6.07) is 9.99. The summed E-state index contributed by atoms with van der Waals surface area (Å²) in [6.07, 6.45) is 0. The number of benzene rings is 1. The van der Waals surface area contributed by atoms with Crippen LogP contribution in [0.1, 0.15) is 5.69 Å². The molecule has 1 aromatic heterocycles. The number of rotatable bonds is 3. The van der Waals surface area contributed by atoms with E-state index in [-0.39, 0.29) is 0 Å². The first kappa shape index (κ1) is 12.8. The Morgan fingerprint density at radius 3 is 2.42 bits per heavy atom. The summed E-state index contributed by atoms with van der Waals surface area (Å²) < 4.78 is 2.01. The van der Waals surface area contributed by atoms with E-state index in [1.165, 1.54) is 10.6 Å². The van der Waals surface area contributed by atoms with Gasteiger partial charge < -0.3 is 5.11 Å². The predicted molar refractivity (Wildman–Crippen MR) is 68.7 cm³/mol. The maximum atomic E-state index is 12.2. The van der Waals surface area contributed by atoms with Crippen LogP contribution in [0.2, 0.25) is 0 Å². The average molecular weight is 260 g/mol. The molecule has 0 saturated heterocycles. The van der Waals surface area contributed by atoms with Crippen LogP contribution in [0.4, 0.5) is 0 Å². The van der Waals surface area contributed by atoms with Gasteiger partial charge in [0.2, 0.25) is 0 Å². The first-order valence-electron chi connectivity index (χ1n) is 5.61. The summed E-state index contributed by atoms with van der Waals surface area (Å²) in [5, 5.41) is 8.74. The Morgan fingerprint density at radius 2 is 1.84 bits per heavy atom. The van der Waals surface area contributed by atoms with Gasteiger partial charge in [-0.05, 0) is 19.1 Å². The first-order chi connectivity index (χ1) is 9.00. The molecule has 1 aromatic carbocycles. The fourth-order valence-electron chi connectivity index (χ4n) is 1.86. The molecule has 0 fully saturated rings. The Kier molecular flexibility index (Phi) is 3.33. The topological polar surface area (TPSA) is 81.3 Å². The Morgan fingerprint density at radius 1 is 1.21 bits per heavy atom. The smallest absolute Gasteiger partial charge is 0.336 e. The van der Waals surface area contributed by atoms with Gasteiger partial charge in [0, 0.05) is 11.8 Å². The molecule has 0 saturated carbocycles. The summed E-state index contributed by atoms with van der Waals surface area (Å²) in [7, 11) is 0. The van der Waals surface area contributed by atoms with Crippen LogP contribution in [0.25, 0.3) is 5.69 Å². The molecule has 1 N–H and O–H groups in total. The number of carboxylic acid groups (broad SMARTS) is 1. The SMILES string of the molecule is Cc1cc(=O)n(CC(=O)O)c(=O)n1-c1ccccc1. The standard InChI is InChI=1S/C13H12N2O4/c1-9-7-11(16)14(8-12(17)18)13(19)15(9)10-5-3-2-4-6-10/h2-7H,8H2,1H3,(H,17,18). The molecule has 0 atom stereocenters. The number of carboxylic acids is 1. The van der Waals surface area contributed by atoms with Crippen molar-refractivity contribution in [3.8, 4) is 5.69 Å². The van der Waals surface area contributed by atoms with Gasteiger partial charge >= 0.3 is 11.7 Å². The molecule has 0 spiro atoms. The van der Waals surface area contributed by atoms with Gasteiger partial charge in [0.05, 0.1) is 5.69 Å². The number of hydrogen-bond acceptors (Lipinski definition) is 3. The van der Waals surface area contributed by atoms with Gasteiger partial charge in [0.25, 0.3) is 5.56 Å². The van der Waals surface area contributed by atoms with Crippen molar-refractivity contribution < 1.29 is 9.90 Å². The second-order valence-electron chi connectivity index (χ2n) is 4.06. The molecule has 0 bridgehead atoms. The van der Waals surface area contributed by atoms with E-state index >= 15 is 0 Å². The molecular weight excluding hydrogens is 248 g/mol. The molecule has 6 heteroatoms. The number of carbonyl (C=O) groups is 1. The number of hydrogen-bond donors (Lipinski definition) is 1.